The third kappa shape index (κ3) is 4.19. The summed E-state index contributed by atoms with van der Waals surface area (Å²) >= 11 is 0. The molecule has 1 aliphatic carbocycles. The molecule has 1 saturated heterocycles. The van der Waals surface area contributed by atoms with Gasteiger partial charge in [0.1, 0.15) is 5.54 Å². The van der Waals surface area contributed by atoms with Crippen molar-refractivity contribution in [3.63, 3.8) is 0 Å². The fourth-order valence-electron chi connectivity index (χ4n) is 3.38. The fourth-order valence-corrected chi connectivity index (χ4v) is 3.38. The summed E-state index contributed by atoms with van der Waals surface area (Å²) in [4.78, 5) is 14.2. The first kappa shape index (κ1) is 15.3. The molecule has 2 rings (SSSR count). The van der Waals surface area contributed by atoms with Gasteiger partial charge < -0.3 is 10.6 Å². The van der Waals surface area contributed by atoms with Crippen molar-refractivity contribution in [3.05, 3.63) is 0 Å². The standard InChI is InChI=1S/C15H26N4O/c1-19(10-13-5-4-8-17-9-13)11-14(20)18-15(12-16)6-2-3-7-15/h13,17H,2-11H2,1H3,(H,18,20). The maximum absolute atomic E-state index is 12.1. The normalized spacial score (nSPS) is 25.4. The molecule has 5 nitrogen and oxygen atoms in total. The molecule has 0 aromatic heterocycles. The number of hydrogen-bond donors (Lipinski definition) is 2. The predicted octanol–water partition coefficient (Wildman–Crippen LogP) is 0.870. The van der Waals surface area contributed by atoms with Gasteiger partial charge in [-0.15, -0.1) is 0 Å². The van der Waals surface area contributed by atoms with Gasteiger partial charge in [-0.1, -0.05) is 0 Å². The number of piperidine rings is 1. The largest absolute Gasteiger partial charge is 0.337 e. The Morgan fingerprint density at radius 1 is 1.45 bits per heavy atom. The van der Waals surface area contributed by atoms with E-state index in [0.717, 1.165) is 45.3 Å². The quantitative estimate of drug-likeness (QED) is 0.783. The number of nitrogens with one attached hydrogen (secondary N) is 2. The number of likely N-dealkylation sites (N-methyl/N-ethyl adjacent to an activating group) is 1. The Kier molecular flexibility index (Phi) is 5.38. The Labute approximate surface area is 121 Å². The summed E-state index contributed by atoms with van der Waals surface area (Å²) in [6, 6.07) is 2.30. The minimum Gasteiger partial charge on any atom is -0.337 e. The van der Waals surface area contributed by atoms with Crippen LogP contribution in [0.15, 0.2) is 0 Å². The van der Waals surface area contributed by atoms with E-state index in [9.17, 15) is 10.1 Å². The molecule has 5 heteroatoms. The summed E-state index contributed by atoms with van der Waals surface area (Å²) in [6.45, 7) is 3.50. The van der Waals surface area contributed by atoms with Gasteiger partial charge in [-0.2, -0.15) is 5.26 Å². The number of carbonyl (C=O) groups is 1. The molecule has 2 fully saturated rings. The molecule has 1 saturated carbocycles. The zero-order chi connectivity index (χ0) is 14.4. The molecule has 1 unspecified atom stereocenters. The van der Waals surface area contributed by atoms with Crippen LogP contribution < -0.4 is 10.6 Å². The van der Waals surface area contributed by atoms with E-state index in [2.05, 4.69) is 21.6 Å². The van der Waals surface area contributed by atoms with Gasteiger partial charge in [-0.25, -0.2) is 0 Å². The summed E-state index contributed by atoms with van der Waals surface area (Å²) in [6.07, 6.45) is 6.13. The van der Waals surface area contributed by atoms with Crippen LogP contribution in [0.1, 0.15) is 38.5 Å². The molecule has 2 N–H and O–H groups in total. The Hall–Kier alpha value is -1.12. The lowest BCUT2D eigenvalue weighted by Gasteiger charge is -2.28. The lowest BCUT2D eigenvalue weighted by atomic mass is 9.99. The summed E-state index contributed by atoms with van der Waals surface area (Å²) in [5.41, 5.74) is -0.593. The first-order valence-corrected chi connectivity index (χ1v) is 7.75. The van der Waals surface area contributed by atoms with Gasteiger partial charge in [0.2, 0.25) is 5.91 Å². The smallest absolute Gasteiger partial charge is 0.235 e. The van der Waals surface area contributed by atoms with Gasteiger partial charge in [0, 0.05) is 6.54 Å². The number of hydrogen-bond acceptors (Lipinski definition) is 4. The van der Waals surface area contributed by atoms with Gasteiger partial charge in [-0.05, 0) is 64.6 Å². The van der Waals surface area contributed by atoms with E-state index in [1.54, 1.807) is 0 Å². The third-order valence-electron chi connectivity index (χ3n) is 4.43. The van der Waals surface area contributed by atoms with Crippen LogP contribution in [-0.4, -0.2) is 49.6 Å². The molecule has 2 aliphatic rings. The number of carbonyl (C=O) groups excluding carboxylic acids is 1. The number of nitrogens with zero attached hydrogens (tertiary/aromatic N) is 2. The average Bonchev–Trinajstić information content (AvgIpc) is 2.88. The average molecular weight is 278 g/mol. The molecule has 1 aliphatic heterocycles. The molecule has 0 spiro atoms. The predicted molar refractivity (Wildman–Crippen MR) is 78.0 cm³/mol. The Morgan fingerprint density at radius 2 is 2.20 bits per heavy atom. The van der Waals surface area contributed by atoms with E-state index < -0.39 is 5.54 Å². The number of amides is 1. The van der Waals surface area contributed by atoms with E-state index in [4.69, 9.17) is 0 Å². The van der Waals surface area contributed by atoms with Gasteiger partial charge in [0.15, 0.2) is 0 Å². The zero-order valence-electron chi connectivity index (χ0n) is 12.5. The molecular formula is C15H26N4O. The number of rotatable bonds is 5. The van der Waals surface area contributed by atoms with Crippen LogP contribution in [0.2, 0.25) is 0 Å². The summed E-state index contributed by atoms with van der Waals surface area (Å²) in [5.74, 6) is 0.623. The highest BCUT2D eigenvalue weighted by molar-refractivity contribution is 5.79. The van der Waals surface area contributed by atoms with E-state index in [-0.39, 0.29) is 5.91 Å². The van der Waals surface area contributed by atoms with E-state index >= 15 is 0 Å². The molecule has 1 heterocycles. The lowest BCUT2D eigenvalue weighted by molar-refractivity contribution is -0.123. The minimum absolute atomic E-state index is 0.0141. The van der Waals surface area contributed by atoms with E-state index in [0.29, 0.717) is 12.5 Å². The molecule has 1 amide bonds. The van der Waals surface area contributed by atoms with E-state index in [1.165, 1.54) is 12.8 Å². The van der Waals surface area contributed by atoms with Crippen LogP contribution in [0.5, 0.6) is 0 Å². The third-order valence-corrected chi connectivity index (χ3v) is 4.43. The molecule has 0 radical (unpaired) electrons. The molecule has 0 bridgehead atoms. The summed E-state index contributed by atoms with van der Waals surface area (Å²) in [5, 5.41) is 15.6. The first-order valence-electron chi connectivity index (χ1n) is 7.75. The van der Waals surface area contributed by atoms with Crippen molar-refractivity contribution in [1.82, 2.24) is 15.5 Å². The van der Waals surface area contributed by atoms with Crippen LogP contribution in [-0.2, 0) is 4.79 Å². The monoisotopic (exact) mass is 278 g/mol. The Bertz CT molecular complexity index is 365. The van der Waals surface area contributed by atoms with Crippen molar-refractivity contribution in [1.29, 1.82) is 5.26 Å². The van der Waals surface area contributed by atoms with E-state index in [1.807, 2.05) is 7.05 Å². The van der Waals surface area contributed by atoms with Gasteiger partial charge in [-0.3, -0.25) is 9.69 Å². The SMILES string of the molecule is CN(CC(=O)NC1(C#N)CCCC1)CC1CCCNC1. The summed E-state index contributed by atoms with van der Waals surface area (Å²) < 4.78 is 0. The van der Waals surface area contributed by atoms with Crippen molar-refractivity contribution in [3.8, 4) is 6.07 Å². The molecule has 0 aromatic carbocycles. The molecule has 1 atom stereocenters. The minimum atomic E-state index is -0.593. The topological polar surface area (TPSA) is 68.2 Å². The van der Waals surface area contributed by atoms with Gasteiger partial charge in [0.05, 0.1) is 12.6 Å². The molecule has 0 aromatic rings. The van der Waals surface area contributed by atoms with Crippen LogP contribution >= 0.6 is 0 Å². The van der Waals surface area contributed by atoms with Crippen molar-refractivity contribution in [2.24, 2.45) is 5.92 Å². The highest BCUT2D eigenvalue weighted by Crippen LogP contribution is 2.28. The zero-order valence-corrected chi connectivity index (χ0v) is 12.5. The van der Waals surface area contributed by atoms with Crippen LogP contribution in [0.4, 0.5) is 0 Å². The maximum atomic E-state index is 12.1. The molecule has 20 heavy (non-hydrogen) atoms. The highest BCUT2D eigenvalue weighted by atomic mass is 16.2. The number of nitriles is 1. The lowest BCUT2D eigenvalue weighted by Crippen LogP contribution is -2.49. The molecular weight excluding hydrogens is 252 g/mol. The Balaban J connectivity index is 1.74. The maximum Gasteiger partial charge on any atom is 0.235 e. The second kappa shape index (κ2) is 7.05. The van der Waals surface area contributed by atoms with Crippen molar-refractivity contribution in [2.45, 2.75) is 44.1 Å². The van der Waals surface area contributed by atoms with Crippen LogP contribution in [0.3, 0.4) is 0 Å². The van der Waals surface area contributed by atoms with Crippen molar-refractivity contribution in [2.75, 3.05) is 33.2 Å². The second-order valence-corrected chi connectivity index (χ2v) is 6.36. The highest BCUT2D eigenvalue weighted by Gasteiger charge is 2.35. The first-order chi connectivity index (χ1) is 9.63. The van der Waals surface area contributed by atoms with Gasteiger partial charge >= 0.3 is 0 Å². The van der Waals surface area contributed by atoms with Crippen molar-refractivity contribution >= 4 is 5.91 Å². The molecule has 112 valence electrons. The van der Waals surface area contributed by atoms with Crippen molar-refractivity contribution < 1.29 is 4.79 Å². The van der Waals surface area contributed by atoms with Gasteiger partial charge in [0.25, 0.3) is 0 Å². The second-order valence-electron chi connectivity index (χ2n) is 6.36. The summed E-state index contributed by atoms with van der Waals surface area (Å²) in [7, 11) is 1.99. The van der Waals surface area contributed by atoms with Crippen LogP contribution in [0, 0.1) is 17.2 Å². The Morgan fingerprint density at radius 3 is 2.80 bits per heavy atom. The van der Waals surface area contributed by atoms with Crippen LogP contribution in [0.25, 0.3) is 0 Å². The fraction of sp³-hybridized carbons (Fsp3) is 0.867.